The molecule has 32 heavy (non-hydrogen) atoms. The van der Waals surface area contributed by atoms with E-state index in [1.54, 1.807) is 50.9 Å². The smallest absolute Gasteiger partial charge is 0.270 e. The van der Waals surface area contributed by atoms with Gasteiger partial charge in [0, 0.05) is 28.7 Å². The number of methoxy groups -OCH3 is 2. The standard InChI is InChI=1S/C25H20N2O4S/c1-30-22-13-12-18(15-23(22)31-2)21-16-27(25-20(21)10-6-14-26-25)32(28,29)24-11-5-8-17-7-3-4-9-19(17)24/h3-16H,1-2H3. The lowest BCUT2D eigenvalue weighted by molar-refractivity contribution is 0.355. The Hall–Kier alpha value is -3.84. The molecule has 0 amide bonds. The molecule has 5 aromatic rings. The lowest BCUT2D eigenvalue weighted by atomic mass is 10.1. The van der Waals surface area contributed by atoms with Gasteiger partial charge in [-0.1, -0.05) is 42.5 Å². The van der Waals surface area contributed by atoms with E-state index >= 15 is 0 Å². The van der Waals surface area contributed by atoms with Gasteiger partial charge in [0.2, 0.25) is 0 Å². The van der Waals surface area contributed by atoms with Crippen molar-refractivity contribution in [2.75, 3.05) is 14.2 Å². The summed E-state index contributed by atoms with van der Waals surface area (Å²) >= 11 is 0. The molecule has 2 aromatic heterocycles. The molecule has 0 aliphatic carbocycles. The van der Waals surface area contributed by atoms with Crippen LogP contribution in [0, 0.1) is 0 Å². The van der Waals surface area contributed by atoms with E-state index in [9.17, 15) is 8.42 Å². The van der Waals surface area contributed by atoms with Gasteiger partial charge in [0.05, 0.1) is 19.1 Å². The van der Waals surface area contributed by atoms with Gasteiger partial charge < -0.3 is 9.47 Å². The third kappa shape index (κ3) is 3.09. The predicted molar refractivity (Wildman–Crippen MR) is 125 cm³/mol. The third-order valence-corrected chi connectivity index (χ3v) is 7.22. The van der Waals surface area contributed by atoms with Crippen LogP contribution in [0.3, 0.4) is 0 Å². The van der Waals surface area contributed by atoms with Gasteiger partial charge in [-0.25, -0.2) is 17.4 Å². The molecule has 0 N–H and O–H groups in total. The number of ether oxygens (including phenoxy) is 2. The van der Waals surface area contributed by atoms with Crippen LogP contribution in [0.25, 0.3) is 32.9 Å². The van der Waals surface area contributed by atoms with Gasteiger partial charge in [-0.3, -0.25) is 0 Å². The highest BCUT2D eigenvalue weighted by Gasteiger charge is 2.24. The normalized spacial score (nSPS) is 11.7. The Morgan fingerprint density at radius 3 is 2.38 bits per heavy atom. The van der Waals surface area contributed by atoms with E-state index in [1.807, 2.05) is 48.5 Å². The summed E-state index contributed by atoms with van der Waals surface area (Å²) in [6, 6.07) is 21.9. The lowest BCUT2D eigenvalue weighted by Gasteiger charge is -2.10. The summed E-state index contributed by atoms with van der Waals surface area (Å²) in [6.45, 7) is 0. The maximum absolute atomic E-state index is 13.8. The molecule has 7 heteroatoms. The molecule has 2 heterocycles. The van der Waals surface area contributed by atoms with Crippen molar-refractivity contribution in [3.05, 3.63) is 85.2 Å². The zero-order chi connectivity index (χ0) is 22.3. The van der Waals surface area contributed by atoms with Crippen LogP contribution in [-0.2, 0) is 10.0 Å². The van der Waals surface area contributed by atoms with Gasteiger partial charge >= 0.3 is 0 Å². The second-order valence-electron chi connectivity index (χ2n) is 7.27. The number of nitrogens with zero attached hydrogens (tertiary/aromatic N) is 2. The minimum Gasteiger partial charge on any atom is -0.493 e. The highest BCUT2D eigenvalue weighted by Crippen LogP contribution is 2.37. The van der Waals surface area contributed by atoms with E-state index in [1.165, 1.54) is 3.97 Å². The summed E-state index contributed by atoms with van der Waals surface area (Å²) in [6.07, 6.45) is 3.21. The molecule has 0 aliphatic rings. The fourth-order valence-corrected chi connectivity index (χ4v) is 5.52. The second kappa shape index (κ2) is 7.69. The topological polar surface area (TPSA) is 70.4 Å². The van der Waals surface area contributed by atoms with Crippen molar-refractivity contribution in [1.29, 1.82) is 0 Å². The number of fused-ring (bicyclic) bond motifs is 2. The molecule has 3 aromatic carbocycles. The zero-order valence-electron chi connectivity index (χ0n) is 17.5. The molecule has 0 atom stereocenters. The third-order valence-electron chi connectivity index (χ3n) is 5.51. The van der Waals surface area contributed by atoms with Gasteiger partial charge in [-0.05, 0) is 41.3 Å². The van der Waals surface area contributed by atoms with E-state index in [4.69, 9.17) is 9.47 Å². The van der Waals surface area contributed by atoms with Crippen molar-refractivity contribution >= 4 is 31.8 Å². The minimum absolute atomic E-state index is 0.233. The van der Waals surface area contributed by atoms with Gasteiger partial charge in [0.25, 0.3) is 10.0 Å². The molecule has 0 spiro atoms. The van der Waals surface area contributed by atoms with E-state index in [0.717, 1.165) is 21.9 Å². The van der Waals surface area contributed by atoms with Crippen LogP contribution in [0.1, 0.15) is 0 Å². The first kappa shape index (κ1) is 20.1. The highest BCUT2D eigenvalue weighted by molar-refractivity contribution is 7.90. The molecule has 0 radical (unpaired) electrons. The Balaban J connectivity index is 1.77. The highest BCUT2D eigenvalue weighted by atomic mass is 32.2. The SMILES string of the molecule is COc1ccc(-c2cn(S(=O)(=O)c3cccc4ccccc34)c3ncccc23)cc1OC. The van der Waals surface area contributed by atoms with E-state index < -0.39 is 10.0 Å². The first-order valence-corrected chi connectivity index (χ1v) is 11.4. The van der Waals surface area contributed by atoms with Crippen molar-refractivity contribution < 1.29 is 17.9 Å². The summed E-state index contributed by atoms with van der Waals surface area (Å²) in [5.41, 5.74) is 1.90. The van der Waals surface area contributed by atoms with Gasteiger partial charge in [0.15, 0.2) is 17.1 Å². The Morgan fingerprint density at radius 2 is 1.56 bits per heavy atom. The number of hydrogen-bond acceptors (Lipinski definition) is 5. The molecular formula is C25H20N2O4S. The van der Waals surface area contributed by atoms with Gasteiger partial charge in [0.1, 0.15) is 0 Å². The van der Waals surface area contributed by atoms with Crippen LogP contribution >= 0.6 is 0 Å². The van der Waals surface area contributed by atoms with Crippen LogP contribution < -0.4 is 9.47 Å². The maximum atomic E-state index is 13.8. The van der Waals surface area contributed by atoms with Crippen LogP contribution in [0.5, 0.6) is 11.5 Å². The quantitative estimate of drug-likeness (QED) is 0.377. The molecule has 0 bridgehead atoms. The lowest BCUT2D eigenvalue weighted by Crippen LogP contribution is -2.12. The number of hydrogen-bond donors (Lipinski definition) is 0. The van der Waals surface area contributed by atoms with Gasteiger partial charge in [-0.2, -0.15) is 0 Å². The molecule has 5 rings (SSSR count). The van der Waals surface area contributed by atoms with Crippen molar-refractivity contribution in [1.82, 2.24) is 8.96 Å². The average Bonchev–Trinajstić information content (AvgIpc) is 3.24. The predicted octanol–water partition coefficient (Wildman–Crippen LogP) is 5.11. The maximum Gasteiger partial charge on any atom is 0.270 e. The minimum atomic E-state index is -3.91. The summed E-state index contributed by atoms with van der Waals surface area (Å²) in [5.74, 6) is 1.16. The van der Waals surface area contributed by atoms with Crippen molar-refractivity contribution in [3.63, 3.8) is 0 Å². The Morgan fingerprint density at radius 1 is 0.812 bits per heavy atom. The number of pyridine rings is 1. The molecule has 0 aliphatic heterocycles. The van der Waals surface area contributed by atoms with Crippen LogP contribution in [0.15, 0.2) is 90.1 Å². The van der Waals surface area contributed by atoms with E-state index in [-0.39, 0.29) is 4.90 Å². The fourth-order valence-electron chi connectivity index (χ4n) is 3.97. The van der Waals surface area contributed by atoms with Crippen molar-refractivity contribution in [2.24, 2.45) is 0 Å². The van der Waals surface area contributed by atoms with E-state index in [0.29, 0.717) is 22.5 Å². The van der Waals surface area contributed by atoms with Crippen LogP contribution in [0.4, 0.5) is 0 Å². The fraction of sp³-hybridized carbons (Fsp3) is 0.0800. The zero-order valence-corrected chi connectivity index (χ0v) is 18.3. The first-order valence-electron chi connectivity index (χ1n) is 9.96. The largest absolute Gasteiger partial charge is 0.493 e. The summed E-state index contributed by atoms with van der Waals surface area (Å²) in [7, 11) is -0.769. The monoisotopic (exact) mass is 444 g/mol. The molecule has 160 valence electrons. The Kier molecular flexibility index (Phi) is 4.83. The Labute approximate surface area is 185 Å². The molecule has 0 saturated carbocycles. The molecule has 0 fully saturated rings. The van der Waals surface area contributed by atoms with Gasteiger partial charge in [-0.15, -0.1) is 0 Å². The number of benzene rings is 3. The first-order chi connectivity index (χ1) is 15.5. The van der Waals surface area contributed by atoms with Crippen molar-refractivity contribution in [3.8, 4) is 22.6 Å². The molecule has 6 nitrogen and oxygen atoms in total. The van der Waals surface area contributed by atoms with Crippen LogP contribution in [0.2, 0.25) is 0 Å². The number of rotatable bonds is 5. The average molecular weight is 445 g/mol. The summed E-state index contributed by atoms with van der Waals surface area (Å²) in [5, 5.41) is 2.25. The molecule has 0 saturated heterocycles. The summed E-state index contributed by atoms with van der Waals surface area (Å²) in [4.78, 5) is 4.64. The molecular weight excluding hydrogens is 424 g/mol. The van der Waals surface area contributed by atoms with Crippen LogP contribution in [-0.4, -0.2) is 31.6 Å². The molecule has 0 unspecified atom stereocenters. The van der Waals surface area contributed by atoms with Crippen molar-refractivity contribution in [2.45, 2.75) is 4.90 Å². The van der Waals surface area contributed by atoms with E-state index in [2.05, 4.69) is 4.98 Å². The summed E-state index contributed by atoms with van der Waals surface area (Å²) < 4.78 is 39.6. The number of aromatic nitrogens is 2. The second-order valence-corrected chi connectivity index (χ2v) is 9.05. The Bertz CT molecular complexity index is 1570.